The first-order valence-corrected chi connectivity index (χ1v) is 30.4. The molecule has 0 heterocycles. The first kappa shape index (κ1) is 69.1. The van der Waals surface area contributed by atoms with Gasteiger partial charge in [0.2, 0.25) is 0 Å². The quantitative estimate of drug-likeness (QED) is 0.0261. The van der Waals surface area contributed by atoms with Crippen LogP contribution >= 0.6 is 0 Å². The molecule has 0 spiro atoms. The fourth-order valence-corrected chi connectivity index (χ4v) is 8.24. The minimum absolute atomic E-state index is 0.0946. The van der Waals surface area contributed by atoms with Gasteiger partial charge in [0.1, 0.15) is 13.2 Å². The summed E-state index contributed by atoms with van der Waals surface area (Å²) >= 11 is 0. The van der Waals surface area contributed by atoms with Gasteiger partial charge in [-0.15, -0.1) is 0 Å². The maximum atomic E-state index is 12.9. The van der Waals surface area contributed by atoms with Crippen LogP contribution in [0.15, 0.2) is 109 Å². The summed E-state index contributed by atoms with van der Waals surface area (Å²) in [4.78, 5) is 38.3. The van der Waals surface area contributed by atoms with Crippen LogP contribution in [0.5, 0.6) is 0 Å². The molecule has 0 saturated carbocycles. The molecular formula is C67H112O6. The Labute approximate surface area is 450 Å². The van der Waals surface area contributed by atoms with E-state index in [1.165, 1.54) is 109 Å². The average Bonchev–Trinajstić information content (AvgIpc) is 3.39. The van der Waals surface area contributed by atoms with E-state index in [1.807, 2.05) is 0 Å². The van der Waals surface area contributed by atoms with Crippen LogP contribution in [-0.4, -0.2) is 37.2 Å². The smallest absolute Gasteiger partial charge is 0.306 e. The minimum atomic E-state index is -0.800. The van der Waals surface area contributed by atoms with Crippen molar-refractivity contribution >= 4 is 17.9 Å². The van der Waals surface area contributed by atoms with Gasteiger partial charge in [-0.1, -0.05) is 246 Å². The molecule has 0 radical (unpaired) electrons. The molecule has 6 nitrogen and oxygen atoms in total. The summed E-state index contributed by atoms with van der Waals surface area (Å²) in [6.07, 6.45) is 82.2. The Hall–Kier alpha value is -3.93. The summed E-state index contributed by atoms with van der Waals surface area (Å²) in [6, 6.07) is 0. The molecule has 0 aliphatic heterocycles. The van der Waals surface area contributed by atoms with Gasteiger partial charge in [0.15, 0.2) is 6.10 Å². The van der Waals surface area contributed by atoms with Crippen LogP contribution < -0.4 is 0 Å². The van der Waals surface area contributed by atoms with E-state index in [4.69, 9.17) is 14.2 Å². The molecule has 0 N–H and O–H groups in total. The molecule has 0 aromatic rings. The number of rotatable bonds is 54. The molecule has 1 atom stereocenters. The van der Waals surface area contributed by atoms with Crippen molar-refractivity contribution < 1.29 is 28.6 Å². The number of unbranched alkanes of at least 4 members (excludes halogenated alkanes) is 25. The van der Waals surface area contributed by atoms with E-state index in [-0.39, 0.29) is 31.1 Å². The predicted molar refractivity (Wildman–Crippen MR) is 316 cm³/mol. The second-order valence-corrected chi connectivity index (χ2v) is 19.8. The van der Waals surface area contributed by atoms with E-state index < -0.39 is 6.10 Å². The highest BCUT2D eigenvalue weighted by atomic mass is 16.6. The summed E-state index contributed by atoms with van der Waals surface area (Å²) in [5, 5.41) is 0. The van der Waals surface area contributed by atoms with Gasteiger partial charge in [-0.25, -0.2) is 0 Å². The zero-order valence-corrected chi connectivity index (χ0v) is 47.6. The van der Waals surface area contributed by atoms with Gasteiger partial charge < -0.3 is 14.2 Å². The van der Waals surface area contributed by atoms with Crippen molar-refractivity contribution in [1.82, 2.24) is 0 Å². The largest absolute Gasteiger partial charge is 0.462 e. The number of carbonyl (C=O) groups is 3. The fraction of sp³-hybridized carbons (Fsp3) is 0.687. The molecule has 0 aliphatic rings. The number of hydrogen-bond donors (Lipinski definition) is 0. The van der Waals surface area contributed by atoms with Gasteiger partial charge in [0, 0.05) is 19.3 Å². The van der Waals surface area contributed by atoms with E-state index in [0.29, 0.717) is 19.3 Å². The summed E-state index contributed by atoms with van der Waals surface area (Å²) in [6.45, 7) is 6.39. The highest BCUT2D eigenvalue weighted by Crippen LogP contribution is 2.15. The molecule has 0 bridgehead atoms. The molecule has 0 saturated heterocycles. The highest BCUT2D eigenvalue weighted by molar-refractivity contribution is 5.71. The van der Waals surface area contributed by atoms with E-state index in [1.54, 1.807) is 0 Å². The van der Waals surface area contributed by atoms with Crippen molar-refractivity contribution in [2.24, 2.45) is 0 Å². The van der Waals surface area contributed by atoms with Crippen LogP contribution in [-0.2, 0) is 28.6 Å². The van der Waals surface area contributed by atoms with E-state index in [0.717, 1.165) is 128 Å². The number of allylic oxidation sites excluding steroid dienone is 18. The lowest BCUT2D eigenvalue weighted by Crippen LogP contribution is -2.30. The summed E-state index contributed by atoms with van der Waals surface area (Å²) in [5.41, 5.74) is 0. The Kier molecular flexibility index (Phi) is 57.4. The summed E-state index contributed by atoms with van der Waals surface area (Å²) in [7, 11) is 0. The average molecular weight is 1010 g/mol. The zero-order valence-electron chi connectivity index (χ0n) is 47.6. The van der Waals surface area contributed by atoms with Crippen molar-refractivity contribution in [3.63, 3.8) is 0 Å². The third-order valence-corrected chi connectivity index (χ3v) is 12.7. The van der Waals surface area contributed by atoms with Crippen LogP contribution in [0.2, 0.25) is 0 Å². The Morgan fingerprint density at radius 3 is 0.836 bits per heavy atom. The van der Waals surface area contributed by atoms with Gasteiger partial charge in [0.25, 0.3) is 0 Å². The number of carbonyl (C=O) groups excluding carboxylic acids is 3. The van der Waals surface area contributed by atoms with Crippen LogP contribution in [0, 0.1) is 0 Å². The third-order valence-electron chi connectivity index (χ3n) is 12.7. The lowest BCUT2D eigenvalue weighted by molar-refractivity contribution is -0.167. The Bertz CT molecular complexity index is 1490. The van der Waals surface area contributed by atoms with E-state index in [9.17, 15) is 14.4 Å². The first-order valence-electron chi connectivity index (χ1n) is 30.4. The molecular weight excluding hydrogens is 901 g/mol. The van der Waals surface area contributed by atoms with Crippen LogP contribution in [0.1, 0.15) is 278 Å². The maximum Gasteiger partial charge on any atom is 0.306 e. The Morgan fingerprint density at radius 2 is 0.534 bits per heavy atom. The second-order valence-electron chi connectivity index (χ2n) is 19.8. The molecule has 0 aromatic carbocycles. The molecule has 0 fully saturated rings. The van der Waals surface area contributed by atoms with Crippen molar-refractivity contribution in [3.8, 4) is 0 Å². The van der Waals surface area contributed by atoms with E-state index in [2.05, 4.69) is 130 Å². The first-order chi connectivity index (χ1) is 36.0. The van der Waals surface area contributed by atoms with Gasteiger partial charge in [0.05, 0.1) is 0 Å². The molecule has 0 aliphatic carbocycles. The molecule has 0 rings (SSSR count). The van der Waals surface area contributed by atoms with Crippen LogP contribution in [0.3, 0.4) is 0 Å². The predicted octanol–water partition coefficient (Wildman–Crippen LogP) is 20.7. The number of esters is 3. The van der Waals surface area contributed by atoms with Crippen molar-refractivity contribution in [2.45, 2.75) is 284 Å². The Balaban J connectivity index is 4.44. The van der Waals surface area contributed by atoms with Gasteiger partial charge in [-0.2, -0.15) is 0 Å². The number of ether oxygens (including phenoxy) is 3. The summed E-state index contributed by atoms with van der Waals surface area (Å²) in [5.74, 6) is -0.928. The monoisotopic (exact) mass is 1010 g/mol. The van der Waals surface area contributed by atoms with Crippen molar-refractivity contribution in [2.75, 3.05) is 13.2 Å². The van der Waals surface area contributed by atoms with Crippen LogP contribution in [0.25, 0.3) is 0 Å². The number of hydrogen-bond acceptors (Lipinski definition) is 6. The lowest BCUT2D eigenvalue weighted by Gasteiger charge is -2.18. The lowest BCUT2D eigenvalue weighted by atomic mass is 10.1. The zero-order chi connectivity index (χ0) is 52.9. The Morgan fingerprint density at radius 1 is 0.288 bits per heavy atom. The summed E-state index contributed by atoms with van der Waals surface area (Å²) < 4.78 is 16.9. The van der Waals surface area contributed by atoms with Crippen molar-refractivity contribution in [3.05, 3.63) is 109 Å². The third kappa shape index (κ3) is 58.8. The fourth-order valence-electron chi connectivity index (χ4n) is 8.24. The van der Waals surface area contributed by atoms with Crippen LogP contribution in [0.4, 0.5) is 0 Å². The topological polar surface area (TPSA) is 78.9 Å². The minimum Gasteiger partial charge on any atom is -0.462 e. The highest BCUT2D eigenvalue weighted by Gasteiger charge is 2.19. The SMILES string of the molecule is CC/C=C\C/C=C\C/C=C\C/C=C\CCCCCCC(=O)OC(COC(=O)CCCCCCCCC/C=C\C/C=C\C/C=C\CC)COC(=O)CCCCCCCCCCC/C=C\C/C=C\CCCCCCC. The van der Waals surface area contributed by atoms with Gasteiger partial charge >= 0.3 is 17.9 Å². The molecule has 1 unspecified atom stereocenters. The molecule has 0 amide bonds. The molecule has 73 heavy (non-hydrogen) atoms. The van der Waals surface area contributed by atoms with Gasteiger partial charge in [-0.3, -0.25) is 14.4 Å². The maximum absolute atomic E-state index is 12.9. The molecule has 416 valence electrons. The molecule has 6 heteroatoms. The standard InChI is InChI=1S/C67H112O6/c1-4-7-10-13-16-19-22-25-28-31-32-33-34-37-39-42-45-48-51-54-57-60-66(69)72-63-64(73-67(70)61-58-55-52-49-46-43-40-36-30-27-24-21-18-15-12-9-6-3)62-71-65(68)59-56-53-50-47-44-41-38-35-29-26-23-20-17-14-11-8-5-2/h8-9,11-12,17-18,20-22,25-27,29-32,40,43,64H,4-7,10,13-16,19,23-24,28,33-39,41-42,44-63H2,1-3H3/b11-8-,12-9-,20-17-,21-18-,25-22-,29-26-,30-27-,32-31-,43-40-. The van der Waals surface area contributed by atoms with Crippen molar-refractivity contribution in [1.29, 1.82) is 0 Å². The molecule has 0 aromatic heterocycles. The van der Waals surface area contributed by atoms with E-state index >= 15 is 0 Å². The normalized spacial score (nSPS) is 12.9. The van der Waals surface area contributed by atoms with Gasteiger partial charge in [-0.05, 0) is 122 Å². The second kappa shape index (κ2) is 60.6.